The van der Waals surface area contributed by atoms with Gasteiger partial charge in [0, 0.05) is 12.6 Å². The van der Waals surface area contributed by atoms with Crippen molar-refractivity contribution in [3.05, 3.63) is 41.9 Å². The van der Waals surface area contributed by atoms with Gasteiger partial charge in [0.2, 0.25) is 0 Å². The van der Waals surface area contributed by atoms with Gasteiger partial charge in [-0.3, -0.25) is 9.48 Å². The molecule has 0 radical (unpaired) electrons. The number of oxazole rings is 1. The summed E-state index contributed by atoms with van der Waals surface area (Å²) in [5.74, 6) is 0.0211. The lowest BCUT2D eigenvalue weighted by atomic mass is 10.2. The number of benzene rings is 1. The standard InChI is InChI=1S/C13H9N5O2/c1-18-12(9(5-14)6-16-18)17-13(19)8-2-3-11-10(4-8)15-7-20-11/h2-4,6-7H,1H3,(H,17,19). The Kier molecular flexibility index (Phi) is 2.69. The zero-order valence-electron chi connectivity index (χ0n) is 10.5. The summed E-state index contributed by atoms with van der Waals surface area (Å²) in [6.45, 7) is 0. The van der Waals surface area contributed by atoms with E-state index in [1.165, 1.54) is 17.3 Å². The molecule has 0 unspecified atom stereocenters. The summed E-state index contributed by atoms with van der Waals surface area (Å²) >= 11 is 0. The molecule has 1 aromatic carbocycles. The summed E-state index contributed by atoms with van der Waals surface area (Å²) in [7, 11) is 1.65. The lowest BCUT2D eigenvalue weighted by Gasteiger charge is -2.05. The van der Waals surface area contributed by atoms with Crippen molar-refractivity contribution in [1.82, 2.24) is 14.8 Å². The second-order valence-electron chi connectivity index (χ2n) is 4.13. The highest BCUT2D eigenvalue weighted by molar-refractivity contribution is 6.05. The van der Waals surface area contributed by atoms with Gasteiger partial charge in [-0.2, -0.15) is 10.4 Å². The molecule has 0 fully saturated rings. The minimum Gasteiger partial charge on any atom is -0.443 e. The summed E-state index contributed by atoms with van der Waals surface area (Å²) in [6, 6.07) is 6.90. The molecule has 7 nitrogen and oxygen atoms in total. The van der Waals surface area contributed by atoms with E-state index < -0.39 is 0 Å². The number of hydrogen-bond donors (Lipinski definition) is 1. The van der Waals surface area contributed by atoms with Crippen LogP contribution in [0.15, 0.2) is 35.2 Å². The fourth-order valence-electron chi connectivity index (χ4n) is 1.85. The molecule has 0 saturated heterocycles. The Morgan fingerprint density at radius 2 is 2.35 bits per heavy atom. The average molecular weight is 267 g/mol. The molecule has 3 aromatic rings. The Bertz CT molecular complexity index is 840. The van der Waals surface area contributed by atoms with Crippen molar-refractivity contribution < 1.29 is 9.21 Å². The number of rotatable bonds is 2. The van der Waals surface area contributed by atoms with E-state index in [0.29, 0.717) is 28.0 Å². The molecule has 0 atom stereocenters. The molecule has 2 heterocycles. The highest BCUT2D eigenvalue weighted by Gasteiger charge is 2.14. The molecular formula is C13H9N5O2. The van der Waals surface area contributed by atoms with Crippen LogP contribution in [0.3, 0.4) is 0 Å². The number of carbonyl (C=O) groups is 1. The van der Waals surface area contributed by atoms with Crippen LogP contribution in [0.4, 0.5) is 5.82 Å². The van der Waals surface area contributed by atoms with E-state index in [1.807, 2.05) is 6.07 Å². The predicted molar refractivity (Wildman–Crippen MR) is 69.9 cm³/mol. The van der Waals surface area contributed by atoms with Gasteiger partial charge in [-0.05, 0) is 18.2 Å². The van der Waals surface area contributed by atoms with Crippen LogP contribution in [0.25, 0.3) is 11.1 Å². The lowest BCUT2D eigenvalue weighted by molar-refractivity contribution is 0.102. The molecule has 0 aliphatic heterocycles. The van der Waals surface area contributed by atoms with Gasteiger partial charge in [-0.25, -0.2) is 4.98 Å². The quantitative estimate of drug-likeness (QED) is 0.762. The van der Waals surface area contributed by atoms with E-state index in [1.54, 1.807) is 25.2 Å². The summed E-state index contributed by atoms with van der Waals surface area (Å²) in [5.41, 5.74) is 1.95. The van der Waals surface area contributed by atoms with E-state index in [0.717, 1.165) is 0 Å². The minimum atomic E-state index is -0.338. The van der Waals surface area contributed by atoms with Gasteiger partial charge in [0.15, 0.2) is 12.0 Å². The molecule has 7 heteroatoms. The van der Waals surface area contributed by atoms with Gasteiger partial charge in [0.05, 0.1) is 6.20 Å². The van der Waals surface area contributed by atoms with Gasteiger partial charge < -0.3 is 9.73 Å². The van der Waals surface area contributed by atoms with Crippen molar-refractivity contribution in [3.63, 3.8) is 0 Å². The number of nitrogens with one attached hydrogen (secondary N) is 1. The first kappa shape index (κ1) is 11.9. The van der Waals surface area contributed by atoms with Crippen LogP contribution >= 0.6 is 0 Å². The van der Waals surface area contributed by atoms with E-state index >= 15 is 0 Å². The second kappa shape index (κ2) is 4.51. The van der Waals surface area contributed by atoms with Crippen molar-refractivity contribution in [2.75, 3.05) is 5.32 Å². The number of nitriles is 1. The highest BCUT2D eigenvalue weighted by Crippen LogP contribution is 2.17. The molecule has 0 bridgehead atoms. The van der Waals surface area contributed by atoms with Crippen molar-refractivity contribution in [2.45, 2.75) is 0 Å². The molecule has 0 aliphatic carbocycles. The maximum absolute atomic E-state index is 12.2. The molecule has 20 heavy (non-hydrogen) atoms. The lowest BCUT2D eigenvalue weighted by Crippen LogP contribution is -2.15. The number of fused-ring (bicyclic) bond motifs is 1. The Hall–Kier alpha value is -3.14. The molecule has 0 saturated carbocycles. The molecule has 98 valence electrons. The zero-order valence-corrected chi connectivity index (χ0v) is 10.5. The number of amides is 1. The van der Waals surface area contributed by atoms with Crippen LogP contribution < -0.4 is 5.32 Å². The first-order valence-electron chi connectivity index (χ1n) is 5.76. The number of anilines is 1. The SMILES string of the molecule is Cn1ncc(C#N)c1NC(=O)c1ccc2ocnc2c1. The van der Waals surface area contributed by atoms with E-state index in [9.17, 15) is 4.79 Å². The van der Waals surface area contributed by atoms with Crippen LogP contribution in [-0.2, 0) is 7.05 Å². The number of nitrogens with zero attached hydrogens (tertiary/aromatic N) is 4. The molecule has 3 rings (SSSR count). The van der Waals surface area contributed by atoms with Crippen LogP contribution in [-0.4, -0.2) is 20.7 Å². The summed E-state index contributed by atoms with van der Waals surface area (Å²) in [5, 5.41) is 15.5. The number of aromatic nitrogens is 3. The monoisotopic (exact) mass is 267 g/mol. The molecule has 1 amide bonds. The summed E-state index contributed by atoms with van der Waals surface area (Å²) < 4.78 is 6.55. The largest absolute Gasteiger partial charge is 0.443 e. The molecule has 1 N–H and O–H groups in total. The number of aryl methyl sites for hydroxylation is 1. The van der Waals surface area contributed by atoms with E-state index in [4.69, 9.17) is 9.68 Å². The molecular weight excluding hydrogens is 258 g/mol. The van der Waals surface area contributed by atoms with Crippen molar-refractivity contribution >= 4 is 22.8 Å². The zero-order chi connectivity index (χ0) is 14.1. The second-order valence-corrected chi connectivity index (χ2v) is 4.13. The highest BCUT2D eigenvalue weighted by atomic mass is 16.3. The van der Waals surface area contributed by atoms with Gasteiger partial charge in [-0.15, -0.1) is 0 Å². The maximum Gasteiger partial charge on any atom is 0.256 e. The van der Waals surface area contributed by atoms with Crippen molar-refractivity contribution in [3.8, 4) is 6.07 Å². The van der Waals surface area contributed by atoms with Crippen LogP contribution in [0.2, 0.25) is 0 Å². The fourth-order valence-corrected chi connectivity index (χ4v) is 1.85. The Balaban J connectivity index is 1.92. The van der Waals surface area contributed by atoms with Crippen molar-refractivity contribution in [1.29, 1.82) is 5.26 Å². The normalized spacial score (nSPS) is 10.4. The van der Waals surface area contributed by atoms with Gasteiger partial charge >= 0.3 is 0 Å². The predicted octanol–water partition coefficient (Wildman–Crippen LogP) is 1.69. The van der Waals surface area contributed by atoms with Crippen LogP contribution in [0, 0.1) is 11.3 Å². The maximum atomic E-state index is 12.2. The molecule has 0 spiro atoms. The van der Waals surface area contributed by atoms with E-state index in [-0.39, 0.29) is 5.91 Å². The third-order valence-electron chi connectivity index (χ3n) is 2.88. The smallest absolute Gasteiger partial charge is 0.256 e. The minimum absolute atomic E-state index is 0.309. The Morgan fingerprint density at radius 3 is 3.15 bits per heavy atom. The van der Waals surface area contributed by atoms with Crippen molar-refractivity contribution in [2.24, 2.45) is 7.05 Å². The van der Waals surface area contributed by atoms with Crippen LogP contribution in [0.5, 0.6) is 0 Å². The average Bonchev–Trinajstić information content (AvgIpc) is 3.05. The first-order valence-corrected chi connectivity index (χ1v) is 5.76. The fraction of sp³-hybridized carbons (Fsp3) is 0.0769. The Morgan fingerprint density at radius 1 is 1.50 bits per heavy atom. The third kappa shape index (κ3) is 1.89. The number of carbonyl (C=O) groups excluding carboxylic acids is 1. The van der Waals surface area contributed by atoms with Gasteiger partial charge in [0.25, 0.3) is 5.91 Å². The first-order chi connectivity index (χ1) is 9.69. The molecule has 2 aromatic heterocycles. The van der Waals surface area contributed by atoms with Gasteiger partial charge in [0.1, 0.15) is 23.0 Å². The number of hydrogen-bond acceptors (Lipinski definition) is 5. The topological polar surface area (TPSA) is 96.7 Å². The third-order valence-corrected chi connectivity index (χ3v) is 2.88. The molecule has 0 aliphatic rings. The Labute approximate surface area is 113 Å². The summed E-state index contributed by atoms with van der Waals surface area (Å²) in [4.78, 5) is 16.2. The van der Waals surface area contributed by atoms with E-state index in [2.05, 4.69) is 15.4 Å². The summed E-state index contributed by atoms with van der Waals surface area (Å²) in [6.07, 6.45) is 2.72. The van der Waals surface area contributed by atoms with Crippen LogP contribution in [0.1, 0.15) is 15.9 Å². The van der Waals surface area contributed by atoms with Gasteiger partial charge in [-0.1, -0.05) is 0 Å².